The summed E-state index contributed by atoms with van der Waals surface area (Å²) in [6.45, 7) is 24.3. The molecule has 13 nitrogen and oxygen atoms in total. The van der Waals surface area contributed by atoms with E-state index < -0.39 is 29.6 Å². The first kappa shape index (κ1) is 45.7. The highest BCUT2D eigenvalue weighted by atomic mass is 32.2. The van der Waals surface area contributed by atoms with Gasteiger partial charge in [0.05, 0.1) is 42.9 Å². The van der Waals surface area contributed by atoms with Crippen molar-refractivity contribution < 1.29 is 33.3 Å². The standard InChI is InChI=1S/C46H66N6O7S/c1-12-31(38(47-13-2)29(8)56-11)40-33-23-46(9,10)25-59-45(55)34-16-15-19-52(50-34)44(54)39(49-42(53)37-27(6)28(37)7)41(57-14-3)43-48-35(24-60-43)30-17-18-36(32(33)22-30)51(40)20-21-58-26(4)5/h12-13,17-18,22,26-29,34-35,37,39,41,50H,1,14-16,19-21,23-25H2,2-11H3,(H,49,53)/b38-31+,47-13?/t27-,28+,29-,34-,35?,37?,39-,41-/m0/s1. The third-order valence-electron chi connectivity index (χ3n) is 12.3. The number of allylic oxidation sites excluding steroid dienone is 2. The molecule has 2 unspecified atom stereocenters. The third kappa shape index (κ3) is 9.78. The Labute approximate surface area is 360 Å². The van der Waals surface area contributed by atoms with E-state index in [0.717, 1.165) is 39.0 Å². The molecule has 4 aliphatic rings. The van der Waals surface area contributed by atoms with Gasteiger partial charge in [-0.05, 0) is 89.0 Å². The molecule has 14 heteroatoms. The predicted molar refractivity (Wildman–Crippen MR) is 239 cm³/mol. The summed E-state index contributed by atoms with van der Waals surface area (Å²) in [4.78, 5) is 52.4. The van der Waals surface area contributed by atoms with Crippen LogP contribution < -0.4 is 10.7 Å². The average Bonchev–Trinajstić information content (AvgIpc) is 3.50. The minimum atomic E-state index is -1.06. The predicted octanol–water partition coefficient (Wildman–Crippen LogP) is 6.69. The number of hydrogen-bond donors (Lipinski definition) is 2. The summed E-state index contributed by atoms with van der Waals surface area (Å²) >= 11 is 1.55. The number of hydrazine groups is 1. The number of cyclic esters (lactones) is 1. The van der Waals surface area contributed by atoms with Crippen molar-refractivity contribution in [3.8, 4) is 0 Å². The van der Waals surface area contributed by atoms with Gasteiger partial charge in [-0.25, -0.2) is 5.43 Å². The Hall–Kier alpha value is -3.82. The lowest BCUT2D eigenvalue weighted by Gasteiger charge is -2.37. The fraction of sp³-hybridized carbons (Fsp3) is 0.630. The van der Waals surface area contributed by atoms with Gasteiger partial charge in [-0.1, -0.05) is 46.4 Å². The molecule has 2 amide bonds. The SMILES string of the molecule is C=C/C(=C(\N=CC)[C@H](C)OC)c1c2c3cc(ccc3n1CCOC(C)C)C1CSC(=N1)[C@@H](OCC)[C@H](NC(=O)C1[C@@H](C)[C@H]1C)C(=O)N1CCC[C@H](N1)C(=O)OCC(C)(C)C2. The summed E-state index contributed by atoms with van der Waals surface area (Å²) in [5.41, 5.74) is 8.33. The van der Waals surface area contributed by atoms with Crippen molar-refractivity contribution in [2.75, 3.05) is 39.2 Å². The van der Waals surface area contributed by atoms with Crippen LogP contribution in [0, 0.1) is 23.2 Å². The van der Waals surface area contributed by atoms with Crippen LogP contribution in [0.3, 0.4) is 0 Å². The van der Waals surface area contributed by atoms with Gasteiger partial charge in [-0.2, -0.15) is 0 Å². The summed E-state index contributed by atoms with van der Waals surface area (Å²) in [6, 6.07) is 4.49. The number of hydrogen-bond acceptors (Lipinski definition) is 11. The van der Waals surface area contributed by atoms with E-state index in [1.165, 1.54) is 5.01 Å². The molecular weight excluding hydrogens is 781 g/mol. The zero-order chi connectivity index (χ0) is 43.5. The normalized spacial score (nSPS) is 28.0. The third-order valence-corrected chi connectivity index (χ3v) is 13.5. The molecule has 1 aromatic carbocycles. The lowest BCUT2D eigenvalue weighted by atomic mass is 9.84. The van der Waals surface area contributed by atoms with E-state index in [1.54, 1.807) is 25.1 Å². The summed E-state index contributed by atoms with van der Waals surface area (Å²) in [7, 11) is 1.68. The van der Waals surface area contributed by atoms with Crippen LogP contribution in [0.15, 0.2) is 46.5 Å². The molecule has 2 aromatic rings. The summed E-state index contributed by atoms with van der Waals surface area (Å²) in [5, 5.41) is 6.27. The molecule has 1 aromatic heterocycles. The molecule has 1 saturated carbocycles. The number of nitrogens with one attached hydrogen (secondary N) is 2. The fourth-order valence-corrected chi connectivity index (χ4v) is 9.93. The van der Waals surface area contributed by atoms with Gasteiger partial charge in [0.15, 0.2) is 0 Å². The first-order valence-corrected chi connectivity index (χ1v) is 22.6. The van der Waals surface area contributed by atoms with Gasteiger partial charge in [0.1, 0.15) is 23.2 Å². The number of fused-ring (bicyclic) bond motifs is 5. The topological polar surface area (TPSA) is 145 Å². The number of esters is 1. The quantitative estimate of drug-likeness (QED) is 0.128. The molecule has 6 bridgehead atoms. The van der Waals surface area contributed by atoms with Gasteiger partial charge >= 0.3 is 5.97 Å². The molecule has 1 saturated heterocycles. The molecule has 6 rings (SSSR count). The Morgan fingerprint density at radius 3 is 2.62 bits per heavy atom. The Kier molecular flexibility index (Phi) is 14.8. The lowest BCUT2D eigenvalue weighted by molar-refractivity contribution is -0.156. The van der Waals surface area contributed by atoms with Crippen molar-refractivity contribution in [1.82, 2.24) is 20.3 Å². The lowest BCUT2D eigenvalue weighted by Crippen LogP contribution is -2.63. The molecule has 2 N–H and O–H groups in total. The Bertz CT molecular complexity index is 2010. The number of aliphatic imine (C=N–C) groups is 2. The largest absolute Gasteiger partial charge is 0.464 e. The molecule has 4 heterocycles. The second-order valence-corrected chi connectivity index (χ2v) is 18.6. The smallest absolute Gasteiger partial charge is 0.324 e. The number of thioether (sulfide) groups is 1. The second kappa shape index (κ2) is 19.5. The van der Waals surface area contributed by atoms with E-state index in [0.29, 0.717) is 56.4 Å². The number of amides is 2. The average molecular weight is 847 g/mol. The summed E-state index contributed by atoms with van der Waals surface area (Å²) < 4.78 is 26.8. The minimum Gasteiger partial charge on any atom is -0.464 e. The minimum absolute atomic E-state index is 0.0522. The van der Waals surface area contributed by atoms with E-state index in [-0.39, 0.29) is 54.4 Å². The summed E-state index contributed by atoms with van der Waals surface area (Å²) in [6.07, 6.45) is 4.17. The Morgan fingerprint density at radius 2 is 1.97 bits per heavy atom. The van der Waals surface area contributed by atoms with Gasteiger partial charge in [-0.3, -0.25) is 29.4 Å². The summed E-state index contributed by atoms with van der Waals surface area (Å²) in [5.74, 6) is -0.0863. The van der Waals surface area contributed by atoms with Crippen LogP contribution in [0.1, 0.15) is 98.0 Å². The van der Waals surface area contributed by atoms with Crippen LogP contribution in [0.2, 0.25) is 0 Å². The van der Waals surface area contributed by atoms with Gasteiger partial charge < -0.3 is 28.8 Å². The Morgan fingerprint density at radius 1 is 1.22 bits per heavy atom. The van der Waals surface area contributed by atoms with Crippen molar-refractivity contribution in [2.24, 2.45) is 33.2 Å². The van der Waals surface area contributed by atoms with Crippen molar-refractivity contribution in [1.29, 1.82) is 0 Å². The van der Waals surface area contributed by atoms with Gasteiger partial charge in [0, 0.05) is 66.6 Å². The molecule has 0 radical (unpaired) electrons. The van der Waals surface area contributed by atoms with Crippen LogP contribution in [-0.4, -0.2) is 108 Å². The van der Waals surface area contributed by atoms with Crippen LogP contribution in [-0.2, 0) is 46.3 Å². The van der Waals surface area contributed by atoms with E-state index in [1.807, 2.05) is 40.7 Å². The maximum Gasteiger partial charge on any atom is 0.324 e. The van der Waals surface area contributed by atoms with Crippen LogP contribution in [0.4, 0.5) is 0 Å². The Balaban J connectivity index is 1.55. The second-order valence-electron chi connectivity index (χ2n) is 17.6. The molecule has 3 aliphatic heterocycles. The van der Waals surface area contributed by atoms with E-state index in [2.05, 4.69) is 67.8 Å². The van der Waals surface area contributed by atoms with Crippen molar-refractivity contribution in [3.63, 3.8) is 0 Å². The number of rotatable bonds is 13. The molecule has 328 valence electrons. The van der Waals surface area contributed by atoms with Gasteiger partial charge in [0.25, 0.3) is 5.91 Å². The van der Waals surface area contributed by atoms with Crippen molar-refractivity contribution >= 4 is 57.3 Å². The number of methoxy groups -OCH3 is 1. The number of carbonyl (C=O) groups is 3. The first-order chi connectivity index (χ1) is 28.6. The van der Waals surface area contributed by atoms with Crippen LogP contribution in [0.25, 0.3) is 16.5 Å². The number of benzene rings is 1. The molecule has 0 spiro atoms. The van der Waals surface area contributed by atoms with E-state index in [4.69, 9.17) is 28.9 Å². The first-order valence-electron chi connectivity index (χ1n) is 21.7. The zero-order valence-corrected chi connectivity index (χ0v) is 38.0. The number of carbonyl (C=O) groups excluding carboxylic acids is 3. The highest BCUT2D eigenvalue weighted by Gasteiger charge is 2.50. The maximum absolute atomic E-state index is 14.6. The van der Waals surface area contributed by atoms with E-state index in [9.17, 15) is 14.4 Å². The van der Waals surface area contributed by atoms with Crippen LogP contribution in [0.5, 0.6) is 0 Å². The monoisotopic (exact) mass is 846 g/mol. The van der Waals surface area contributed by atoms with E-state index >= 15 is 0 Å². The van der Waals surface area contributed by atoms with Gasteiger partial charge in [0.2, 0.25) is 5.91 Å². The fourth-order valence-electron chi connectivity index (χ4n) is 8.76. The molecule has 1 aliphatic carbocycles. The van der Waals surface area contributed by atoms with Gasteiger partial charge in [-0.15, -0.1) is 11.8 Å². The van der Waals surface area contributed by atoms with Crippen molar-refractivity contribution in [3.05, 3.63) is 53.4 Å². The number of ether oxygens (including phenoxy) is 4. The molecule has 8 atom stereocenters. The molecular formula is C46H66N6O7S. The highest BCUT2D eigenvalue weighted by Crippen LogP contribution is 2.46. The zero-order valence-electron chi connectivity index (χ0n) is 37.2. The number of nitrogens with zero attached hydrogens (tertiary/aromatic N) is 4. The number of aromatic nitrogens is 1. The molecule has 2 fully saturated rings. The maximum atomic E-state index is 14.6. The molecule has 60 heavy (non-hydrogen) atoms. The van der Waals surface area contributed by atoms with Crippen molar-refractivity contribution in [2.45, 2.75) is 125 Å². The highest BCUT2D eigenvalue weighted by molar-refractivity contribution is 8.14. The van der Waals surface area contributed by atoms with Crippen LogP contribution >= 0.6 is 11.8 Å².